The molecule has 0 saturated carbocycles. The van der Waals surface area contributed by atoms with Gasteiger partial charge in [-0.3, -0.25) is 0 Å². The molecule has 160 valence electrons. The maximum Gasteiger partial charge on any atom is -1.00 e. The number of hydrogen-bond donors (Lipinski definition) is 2. The van der Waals surface area contributed by atoms with E-state index in [-0.39, 0.29) is 30.2 Å². The summed E-state index contributed by atoms with van der Waals surface area (Å²) in [5.41, 5.74) is 0.210. The third kappa shape index (κ3) is 14.7. The SMILES string of the molecule is C[Si](C)(CCO)c1ccc[cH-]1.C[Si](C)(CCO)c1ccc[cH-]1.C[Si](C)=[Zr+2].[Cl-].[Cl-]. The molecule has 2 aromatic rings. The molecule has 0 amide bonds. The van der Waals surface area contributed by atoms with Crippen molar-refractivity contribution in [2.75, 3.05) is 13.2 Å². The minimum Gasteiger partial charge on any atom is -1.00 e. The van der Waals surface area contributed by atoms with Gasteiger partial charge in [0.05, 0.1) is 16.1 Å². The van der Waals surface area contributed by atoms with Crippen LogP contribution in [0, 0.1) is 0 Å². The molecule has 0 heterocycles. The zero-order valence-corrected chi connectivity index (χ0v) is 25.1. The molecule has 0 aliphatic carbocycles. The van der Waals surface area contributed by atoms with Gasteiger partial charge in [0.25, 0.3) is 0 Å². The second-order valence-corrected chi connectivity index (χ2v) is 27.1. The average molecular weight is 555 g/mol. The molecule has 0 aliphatic rings. The maximum atomic E-state index is 8.84. The predicted molar refractivity (Wildman–Crippen MR) is 120 cm³/mol. The molecule has 0 spiro atoms. The zero-order valence-electron chi connectivity index (χ0n) is 18.1. The van der Waals surface area contributed by atoms with E-state index in [0.717, 1.165) is 12.1 Å². The Kier molecular flexibility index (Phi) is 20.8. The van der Waals surface area contributed by atoms with Gasteiger partial charge in [-0.25, -0.2) is 24.3 Å². The molecule has 2 rings (SSSR count). The maximum absolute atomic E-state index is 8.84. The first-order valence-corrected chi connectivity index (χ1v) is 21.8. The van der Waals surface area contributed by atoms with Gasteiger partial charge in [-0.05, 0) is 12.1 Å². The third-order valence-corrected chi connectivity index (χ3v) is 11.1. The second kappa shape index (κ2) is 17.4. The minimum absolute atomic E-state index is 0. The summed E-state index contributed by atoms with van der Waals surface area (Å²) in [5, 5.41) is 20.6. The molecule has 8 heteroatoms. The largest absolute Gasteiger partial charge is 1.00 e. The molecular weight excluding hydrogens is 519 g/mol. The van der Waals surface area contributed by atoms with E-state index in [1.165, 1.54) is 10.4 Å². The second-order valence-electron chi connectivity index (χ2n) is 8.06. The average Bonchev–Trinajstić information content (AvgIpc) is 3.22. The van der Waals surface area contributed by atoms with E-state index in [2.05, 4.69) is 87.8 Å². The molecule has 0 aromatic heterocycles. The van der Waals surface area contributed by atoms with E-state index < -0.39 is 16.1 Å². The smallest absolute Gasteiger partial charge is 1.00 e. The summed E-state index contributed by atoms with van der Waals surface area (Å²) < 4.78 is 0. The summed E-state index contributed by atoms with van der Waals surface area (Å²) >= 11 is 1.74. The molecule has 0 fully saturated rings. The molecule has 0 atom stereocenters. The Labute approximate surface area is 202 Å². The molecule has 0 radical (unpaired) electrons. The van der Waals surface area contributed by atoms with E-state index in [1.807, 2.05) is 0 Å². The van der Waals surface area contributed by atoms with Crippen LogP contribution in [0.5, 0.6) is 0 Å². The number of rotatable bonds is 6. The van der Waals surface area contributed by atoms with Gasteiger partial charge >= 0.3 is 41.9 Å². The predicted octanol–water partition coefficient (Wildman–Crippen LogP) is -2.58. The minimum atomic E-state index is -1.28. The van der Waals surface area contributed by atoms with Crippen LogP contribution < -0.4 is 35.2 Å². The van der Waals surface area contributed by atoms with Crippen molar-refractivity contribution >= 4 is 32.0 Å². The van der Waals surface area contributed by atoms with Gasteiger partial charge in [-0.1, -0.05) is 26.2 Å². The fourth-order valence-electron chi connectivity index (χ4n) is 2.50. The van der Waals surface area contributed by atoms with E-state index in [4.69, 9.17) is 10.2 Å². The first kappa shape index (κ1) is 33.4. The van der Waals surface area contributed by atoms with Gasteiger partial charge in [-0.2, -0.15) is 34.6 Å². The van der Waals surface area contributed by atoms with Crippen LogP contribution in [0.2, 0.25) is 51.4 Å². The van der Waals surface area contributed by atoms with E-state index in [9.17, 15) is 0 Å². The topological polar surface area (TPSA) is 40.5 Å². The Morgan fingerprint density at radius 3 is 1.29 bits per heavy atom. The van der Waals surface area contributed by atoms with Crippen molar-refractivity contribution in [1.82, 2.24) is 0 Å². The summed E-state index contributed by atoms with van der Waals surface area (Å²) in [6.45, 7) is 14.4. The molecule has 28 heavy (non-hydrogen) atoms. The Morgan fingerprint density at radius 1 is 0.821 bits per heavy atom. The summed E-state index contributed by atoms with van der Waals surface area (Å²) in [6.07, 6.45) is 0. The van der Waals surface area contributed by atoms with Crippen molar-refractivity contribution in [3.05, 3.63) is 48.5 Å². The van der Waals surface area contributed by atoms with Crippen LogP contribution in [0.4, 0.5) is 0 Å². The zero-order chi connectivity index (χ0) is 20.2. The summed E-state index contributed by atoms with van der Waals surface area (Å²) in [5.74, 6) is 0. The summed E-state index contributed by atoms with van der Waals surface area (Å²) in [6, 6.07) is 18.9. The molecule has 2 N–H and O–H groups in total. The summed E-state index contributed by atoms with van der Waals surface area (Å²) in [4.78, 5) is 0. The normalized spacial score (nSPS) is 10.4. The van der Waals surface area contributed by atoms with Gasteiger partial charge in [0, 0.05) is 13.2 Å². The third-order valence-electron chi connectivity index (χ3n) is 4.36. The van der Waals surface area contributed by atoms with Crippen molar-refractivity contribution in [3.63, 3.8) is 0 Å². The van der Waals surface area contributed by atoms with Gasteiger partial charge in [0.2, 0.25) is 0 Å². The van der Waals surface area contributed by atoms with Crippen molar-refractivity contribution in [1.29, 1.82) is 0 Å². The first-order chi connectivity index (χ1) is 12.1. The van der Waals surface area contributed by atoms with Crippen LogP contribution in [0.1, 0.15) is 0 Å². The monoisotopic (exact) mass is 552 g/mol. The molecule has 2 nitrogen and oxygen atoms in total. The fourth-order valence-corrected chi connectivity index (χ4v) is 6.38. The van der Waals surface area contributed by atoms with Crippen molar-refractivity contribution in [3.8, 4) is 0 Å². The fraction of sp³-hybridized carbons (Fsp3) is 0.500. The number of aliphatic hydroxyl groups excluding tert-OH is 2. The molecule has 0 unspecified atom stereocenters. The first-order valence-electron chi connectivity index (χ1n) is 9.24. The van der Waals surface area contributed by atoms with E-state index >= 15 is 0 Å². The molecule has 0 saturated heterocycles. The van der Waals surface area contributed by atoms with Crippen molar-refractivity contribution in [2.24, 2.45) is 0 Å². The molecule has 2 aromatic carbocycles. The van der Waals surface area contributed by atoms with Crippen molar-refractivity contribution in [2.45, 2.75) is 51.4 Å². The Morgan fingerprint density at radius 2 is 1.11 bits per heavy atom. The number of aliphatic hydroxyl groups is 2. The van der Waals surface area contributed by atoms with Gasteiger partial charge in [0.15, 0.2) is 0 Å². The van der Waals surface area contributed by atoms with Crippen LogP contribution in [0.3, 0.4) is 0 Å². The van der Waals surface area contributed by atoms with Gasteiger partial charge in [-0.15, -0.1) is 0 Å². The van der Waals surface area contributed by atoms with Gasteiger partial charge in [0.1, 0.15) is 0 Å². The van der Waals surface area contributed by atoms with Crippen LogP contribution >= 0.6 is 0 Å². The Balaban J connectivity index is -0.000000355. The Hall–Kier alpha value is 0.734. The van der Waals surface area contributed by atoms with Crippen LogP contribution in [-0.2, 0) is 23.3 Å². The standard InChI is InChI=1S/2C9H15OSi.C2H6Si.2ClH.Zr/c2*1-11(2,8-7-10)9-5-3-4-6-9;1-3-2;;;/h2*3-6,10H,7-8H2,1-2H3;1-2H3;2*1H;/q2*-1;;;;+2/p-2. The summed E-state index contributed by atoms with van der Waals surface area (Å²) in [7, 11) is -2.55. The quantitative estimate of drug-likeness (QED) is 0.304. The molecule has 0 aliphatic heterocycles. The molecule has 0 bridgehead atoms. The van der Waals surface area contributed by atoms with Gasteiger partial charge < -0.3 is 35.0 Å². The molecular formula is C20H36Cl2O2Si3Zr-2. The van der Waals surface area contributed by atoms with Crippen LogP contribution in [-0.4, -0.2) is 45.0 Å². The van der Waals surface area contributed by atoms with E-state index in [0.29, 0.717) is 13.2 Å². The van der Waals surface area contributed by atoms with E-state index in [1.54, 1.807) is 23.3 Å². The number of hydrogen-bond acceptors (Lipinski definition) is 2. The number of halogens is 2. The van der Waals surface area contributed by atoms with Crippen LogP contribution in [0.25, 0.3) is 0 Å². The van der Waals surface area contributed by atoms with Crippen molar-refractivity contribution < 1.29 is 58.4 Å². The Bertz CT molecular complexity index is 549. The van der Waals surface area contributed by atoms with Crippen LogP contribution in [0.15, 0.2) is 48.5 Å².